The van der Waals surface area contributed by atoms with Crippen molar-refractivity contribution in [3.63, 3.8) is 0 Å². The largest absolute Gasteiger partial charge is 0.381 e. The maximum atomic E-state index is 13.4. The Kier molecular flexibility index (Phi) is 5.06. The van der Waals surface area contributed by atoms with Gasteiger partial charge in [0.1, 0.15) is 0 Å². The molecule has 0 atom stereocenters. The van der Waals surface area contributed by atoms with Gasteiger partial charge in [0.2, 0.25) is 0 Å². The first kappa shape index (κ1) is 19.4. The fourth-order valence-corrected chi connectivity index (χ4v) is 6.26. The summed E-state index contributed by atoms with van der Waals surface area (Å²) in [6.45, 7) is 6.75. The number of piperidine rings is 1. The summed E-state index contributed by atoms with van der Waals surface area (Å²) in [4.78, 5) is 33.5. The van der Waals surface area contributed by atoms with E-state index in [4.69, 9.17) is 4.74 Å². The van der Waals surface area contributed by atoms with Crippen LogP contribution < -0.4 is 0 Å². The first-order valence-corrected chi connectivity index (χ1v) is 11.9. The van der Waals surface area contributed by atoms with E-state index in [0.717, 1.165) is 75.5 Å². The van der Waals surface area contributed by atoms with Crippen molar-refractivity contribution in [1.82, 2.24) is 14.7 Å². The summed E-state index contributed by atoms with van der Waals surface area (Å²) in [6.07, 6.45) is 6.16. The molecule has 5 rings (SSSR count). The van der Waals surface area contributed by atoms with Gasteiger partial charge in [-0.3, -0.25) is 4.79 Å². The van der Waals surface area contributed by atoms with E-state index in [9.17, 15) is 9.59 Å². The molecule has 0 aromatic carbocycles. The van der Waals surface area contributed by atoms with E-state index < -0.39 is 0 Å². The lowest BCUT2D eigenvalue weighted by atomic mass is 9.86. The van der Waals surface area contributed by atoms with Crippen LogP contribution in [0.1, 0.15) is 53.8 Å². The van der Waals surface area contributed by atoms with Crippen molar-refractivity contribution in [3.05, 3.63) is 21.9 Å². The summed E-state index contributed by atoms with van der Waals surface area (Å²) in [7, 11) is 0. The second-order valence-electron chi connectivity index (χ2n) is 9.27. The van der Waals surface area contributed by atoms with Crippen molar-refractivity contribution in [1.29, 1.82) is 0 Å². The molecular formula is C22H31N3O3S. The maximum absolute atomic E-state index is 13.4. The average molecular weight is 418 g/mol. The number of rotatable bonds is 4. The minimum Gasteiger partial charge on any atom is -0.381 e. The van der Waals surface area contributed by atoms with Crippen molar-refractivity contribution in [3.8, 4) is 0 Å². The van der Waals surface area contributed by atoms with Gasteiger partial charge in [0, 0.05) is 45.4 Å². The van der Waals surface area contributed by atoms with Crippen LogP contribution in [-0.2, 0) is 4.74 Å². The van der Waals surface area contributed by atoms with Gasteiger partial charge in [0.25, 0.3) is 5.91 Å². The van der Waals surface area contributed by atoms with Crippen molar-refractivity contribution in [2.45, 2.75) is 57.0 Å². The third-order valence-electron chi connectivity index (χ3n) is 7.25. The molecule has 4 aliphatic rings. The fourth-order valence-electron chi connectivity index (χ4n) is 5.37. The average Bonchev–Trinajstić information content (AvgIpc) is 3.39. The minimum atomic E-state index is -0.0641. The van der Waals surface area contributed by atoms with Crippen LogP contribution in [0.15, 0.2) is 11.4 Å². The van der Waals surface area contributed by atoms with Gasteiger partial charge in [-0.05, 0) is 68.4 Å². The molecule has 0 bridgehead atoms. The van der Waals surface area contributed by atoms with Gasteiger partial charge in [-0.15, -0.1) is 11.3 Å². The Morgan fingerprint density at radius 3 is 2.55 bits per heavy atom. The second kappa shape index (κ2) is 7.58. The molecule has 0 radical (unpaired) electrons. The van der Waals surface area contributed by atoms with Gasteiger partial charge in [-0.25, -0.2) is 4.79 Å². The van der Waals surface area contributed by atoms with Crippen LogP contribution in [0.4, 0.5) is 4.79 Å². The van der Waals surface area contributed by atoms with E-state index in [0.29, 0.717) is 5.92 Å². The highest BCUT2D eigenvalue weighted by molar-refractivity contribution is 7.12. The molecule has 1 aromatic rings. The molecule has 6 nitrogen and oxygen atoms in total. The Bertz CT molecular complexity index is 776. The molecule has 0 N–H and O–H groups in total. The summed E-state index contributed by atoms with van der Waals surface area (Å²) in [5.41, 5.74) is 1.000. The number of nitrogens with zero attached hydrogens (tertiary/aromatic N) is 3. The van der Waals surface area contributed by atoms with Crippen molar-refractivity contribution in [2.24, 2.45) is 5.92 Å². The van der Waals surface area contributed by atoms with E-state index in [2.05, 4.69) is 9.80 Å². The number of thiophene rings is 1. The van der Waals surface area contributed by atoms with Crippen LogP contribution in [0, 0.1) is 12.8 Å². The fraction of sp³-hybridized carbons (Fsp3) is 0.727. The van der Waals surface area contributed by atoms with Gasteiger partial charge >= 0.3 is 6.03 Å². The normalized spacial score (nSPS) is 25.3. The van der Waals surface area contributed by atoms with Crippen molar-refractivity contribution < 1.29 is 14.3 Å². The zero-order chi connectivity index (χ0) is 20.0. The lowest BCUT2D eigenvalue weighted by molar-refractivity contribution is -0.0152. The van der Waals surface area contributed by atoms with Gasteiger partial charge in [-0.1, -0.05) is 0 Å². The Balaban J connectivity index is 1.29. The predicted molar refractivity (Wildman–Crippen MR) is 112 cm³/mol. The molecule has 4 heterocycles. The molecular weight excluding hydrogens is 386 g/mol. The monoisotopic (exact) mass is 417 g/mol. The third kappa shape index (κ3) is 3.56. The topological polar surface area (TPSA) is 53.1 Å². The molecule has 3 amide bonds. The highest BCUT2D eigenvalue weighted by Crippen LogP contribution is 2.41. The first-order chi connectivity index (χ1) is 14.1. The van der Waals surface area contributed by atoms with E-state index in [1.807, 2.05) is 23.3 Å². The zero-order valence-electron chi connectivity index (χ0n) is 17.3. The number of ether oxygens (including phenoxy) is 1. The van der Waals surface area contributed by atoms with E-state index >= 15 is 0 Å². The quantitative estimate of drug-likeness (QED) is 0.755. The lowest BCUT2D eigenvalue weighted by Gasteiger charge is -2.46. The highest BCUT2D eigenvalue weighted by atomic mass is 32.1. The maximum Gasteiger partial charge on any atom is 0.320 e. The second-order valence-corrected chi connectivity index (χ2v) is 10.2. The van der Waals surface area contributed by atoms with Gasteiger partial charge < -0.3 is 19.4 Å². The van der Waals surface area contributed by atoms with Crippen LogP contribution in [0.5, 0.6) is 0 Å². The Labute approximate surface area is 176 Å². The third-order valence-corrected chi connectivity index (χ3v) is 8.25. The summed E-state index contributed by atoms with van der Waals surface area (Å²) < 4.78 is 5.65. The van der Waals surface area contributed by atoms with Crippen molar-refractivity contribution >= 4 is 23.3 Å². The molecule has 1 spiro atoms. The number of hydrogen-bond donors (Lipinski definition) is 0. The molecule has 29 heavy (non-hydrogen) atoms. The number of amides is 3. The molecule has 1 aliphatic carbocycles. The van der Waals surface area contributed by atoms with Gasteiger partial charge in [0.15, 0.2) is 0 Å². The summed E-state index contributed by atoms with van der Waals surface area (Å²) in [5.74, 6) is 0.865. The Hall–Kier alpha value is -1.60. The summed E-state index contributed by atoms with van der Waals surface area (Å²) in [5, 5.41) is 1.99. The van der Waals surface area contributed by atoms with E-state index in [1.165, 1.54) is 24.2 Å². The van der Waals surface area contributed by atoms with Crippen LogP contribution in [-0.4, -0.2) is 77.6 Å². The van der Waals surface area contributed by atoms with E-state index in [1.54, 1.807) is 0 Å². The number of carbonyl (C=O) groups is 2. The molecule has 0 unspecified atom stereocenters. The smallest absolute Gasteiger partial charge is 0.320 e. The Morgan fingerprint density at radius 2 is 1.93 bits per heavy atom. The van der Waals surface area contributed by atoms with E-state index in [-0.39, 0.29) is 23.5 Å². The molecule has 7 heteroatoms. The minimum absolute atomic E-state index is 0.0641. The van der Waals surface area contributed by atoms with Gasteiger partial charge in [-0.2, -0.15) is 0 Å². The highest BCUT2D eigenvalue weighted by Gasteiger charge is 2.53. The van der Waals surface area contributed by atoms with Crippen LogP contribution in [0.25, 0.3) is 0 Å². The predicted octanol–water partition coefficient (Wildman–Crippen LogP) is 3.36. The van der Waals surface area contributed by atoms with Gasteiger partial charge in [0.05, 0.1) is 10.4 Å². The molecule has 3 aliphatic heterocycles. The molecule has 3 saturated heterocycles. The molecule has 4 fully saturated rings. The zero-order valence-corrected chi connectivity index (χ0v) is 18.1. The van der Waals surface area contributed by atoms with Crippen LogP contribution in [0.2, 0.25) is 0 Å². The lowest BCUT2D eigenvalue weighted by Crippen LogP contribution is -2.57. The summed E-state index contributed by atoms with van der Waals surface area (Å²) in [6, 6.07) is 2.48. The van der Waals surface area contributed by atoms with Crippen LogP contribution >= 0.6 is 11.3 Å². The molecule has 158 valence electrons. The Morgan fingerprint density at radius 1 is 1.21 bits per heavy atom. The number of aryl methyl sites for hydroxylation is 1. The SMILES string of the molecule is Cc1ccsc1C(=O)N1CCC(N2C(=O)N(CC3CC3)CC23CCOCC3)CC1. The molecule has 1 aromatic heterocycles. The first-order valence-electron chi connectivity index (χ1n) is 11.1. The number of urea groups is 1. The standard InChI is InChI=1S/C22H31N3O3S/c1-16-6-13-29-19(16)20(26)23-9-4-18(5-10-23)25-21(27)24(14-17-2-3-17)15-22(25)7-11-28-12-8-22/h6,13,17-18H,2-5,7-12,14-15H2,1H3. The summed E-state index contributed by atoms with van der Waals surface area (Å²) >= 11 is 1.53. The van der Waals surface area contributed by atoms with Crippen LogP contribution in [0.3, 0.4) is 0 Å². The molecule has 1 saturated carbocycles. The van der Waals surface area contributed by atoms with Crippen molar-refractivity contribution in [2.75, 3.05) is 39.4 Å². The number of carbonyl (C=O) groups excluding carboxylic acids is 2. The number of likely N-dealkylation sites (tertiary alicyclic amines) is 1. The number of hydrogen-bond acceptors (Lipinski definition) is 4.